The number of fused-ring (bicyclic) bond motifs is 2. The second-order valence-electron chi connectivity index (χ2n) is 7.89. The second-order valence-corrected chi connectivity index (χ2v) is 7.89. The third kappa shape index (κ3) is 3.17. The highest BCUT2D eigenvalue weighted by Crippen LogP contribution is 2.62. The van der Waals surface area contributed by atoms with Crippen LogP contribution in [-0.2, 0) is 16.7 Å². The summed E-state index contributed by atoms with van der Waals surface area (Å²) in [4.78, 5) is 17.6. The normalized spacial score (nSPS) is 22.8. The van der Waals surface area contributed by atoms with E-state index < -0.39 is 5.97 Å². The van der Waals surface area contributed by atoms with E-state index in [2.05, 4.69) is 40.2 Å². The summed E-state index contributed by atoms with van der Waals surface area (Å²) >= 11 is 0. The molecule has 5 heteroatoms. The molecule has 5 nitrogen and oxygen atoms in total. The Labute approximate surface area is 169 Å². The van der Waals surface area contributed by atoms with Crippen molar-refractivity contribution in [1.82, 2.24) is 4.98 Å². The van der Waals surface area contributed by atoms with Gasteiger partial charge in [-0.2, -0.15) is 0 Å². The first-order valence-corrected chi connectivity index (χ1v) is 9.82. The van der Waals surface area contributed by atoms with Gasteiger partial charge in [-0.3, -0.25) is 4.98 Å². The predicted octanol–water partition coefficient (Wildman–Crippen LogP) is 4.20. The molecule has 2 atom stereocenters. The summed E-state index contributed by atoms with van der Waals surface area (Å²) in [5.41, 5.74) is 5.15. The number of ether oxygens (including phenoxy) is 1. The van der Waals surface area contributed by atoms with Crippen LogP contribution in [0.5, 0.6) is 0 Å². The minimum Gasteiger partial charge on any atom is -0.478 e. The summed E-state index contributed by atoms with van der Waals surface area (Å²) in [6.45, 7) is 1.88. The first-order chi connectivity index (χ1) is 14.2. The first kappa shape index (κ1) is 17.9. The second kappa shape index (κ2) is 7.01. The Kier molecular flexibility index (Phi) is 4.32. The number of pyridine rings is 1. The molecular formula is C24H22N2O3. The number of aromatic carboxylic acids is 1. The topological polar surface area (TPSA) is 62.7 Å². The number of carboxylic acid groups (broad SMARTS) is 1. The number of nitrogens with zero attached hydrogens (tertiary/aromatic N) is 2. The van der Waals surface area contributed by atoms with E-state index in [0.29, 0.717) is 31.4 Å². The third-order valence-corrected chi connectivity index (χ3v) is 6.12. The van der Waals surface area contributed by atoms with Crippen LogP contribution in [0.1, 0.15) is 39.4 Å². The van der Waals surface area contributed by atoms with Gasteiger partial charge in [-0.15, -0.1) is 0 Å². The number of para-hydroxylation sites is 1. The molecule has 1 fully saturated rings. The van der Waals surface area contributed by atoms with Crippen molar-refractivity contribution in [1.29, 1.82) is 0 Å². The molecular weight excluding hydrogens is 364 g/mol. The zero-order chi connectivity index (χ0) is 19.8. The molecule has 2 aromatic carbocycles. The van der Waals surface area contributed by atoms with Crippen molar-refractivity contribution < 1.29 is 14.6 Å². The Bertz CT molecular complexity index is 1040. The molecule has 29 heavy (non-hydrogen) atoms. The standard InChI is InChI=1S/C24H22N2O3/c27-23(28)18-9-7-17(8-10-18)14-26-16-29-15-24(20-5-1-2-6-22(20)26)12-21(24)19-4-3-11-25-13-19/h1-11,13,21H,12,14-16H2,(H,27,28). The SMILES string of the molecule is O=C(O)c1ccc(CN2COCC3(CC3c3cccnc3)c3ccccc32)cc1. The van der Waals surface area contributed by atoms with Gasteiger partial charge in [0, 0.05) is 30.0 Å². The molecule has 1 aliphatic carbocycles. The number of carboxylic acids is 1. The van der Waals surface area contributed by atoms with Crippen LogP contribution in [0.15, 0.2) is 73.1 Å². The lowest BCUT2D eigenvalue weighted by Gasteiger charge is -2.25. The van der Waals surface area contributed by atoms with Crippen LogP contribution in [0.2, 0.25) is 0 Å². The van der Waals surface area contributed by atoms with Crippen LogP contribution < -0.4 is 4.90 Å². The molecule has 1 spiro atoms. The van der Waals surface area contributed by atoms with E-state index in [1.165, 1.54) is 16.8 Å². The van der Waals surface area contributed by atoms with E-state index >= 15 is 0 Å². The van der Waals surface area contributed by atoms with Crippen LogP contribution in [0, 0.1) is 0 Å². The van der Waals surface area contributed by atoms with Crippen molar-refractivity contribution in [3.05, 3.63) is 95.3 Å². The lowest BCUT2D eigenvalue weighted by atomic mass is 9.90. The van der Waals surface area contributed by atoms with Gasteiger partial charge in [0.15, 0.2) is 0 Å². The van der Waals surface area contributed by atoms with E-state index in [4.69, 9.17) is 9.84 Å². The minimum absolute atomic E-state index is 0.00153. The van der Waals surface area contributed by atoms with E-state index in [9.17, 15) is 4.79 Å². The van der Waals surface area contributed by atoms with Crippen molar-refractivity contribution in [3.63, 3.8) is 0 Å². The molecule has 1 N–H and O–H groups in total. The molecule has 2 unspecified atom stereocenters. The highest BCUT2D eigenvalue weighted by Gasteiger charge is 2.58. The van der Waals surface area contributed by atoms with Crippen LogP contribution in [0.25, 0.3) is 0 Å². The van der Waals surface area contributed by atoms with E-state index in [-0.39, 0.29) is 5.41 Å². The summed E-state index contributed by atoms with van der Waals surface area (Å²) in [5, 5.41) is 9.11. The first-order valence-electron chi connectivity index (χ1n) is 9.82. The fourth-order valence-corrected chi connectivity index (χ4v) is 4.54. The Balaban J connectivity index is 1.45. The van der Waals surface area contributed by atoms with Gasteiger partial charge < -0.3 is 14.7 Å². The average Bonchev–Trinajstić information content (AvgIpc) is 3.52. The van der Waals surface area contributed by atoms with Crippen LogP contribution >= 0.6 is 0 Å². The number of anilines is 1. The highest BCUT2D eigenvalue weighted by molar-refractivity contribution is 5.87. The van der Waals surface area contributed by atoms with Gasteiger partial charge in [0.2, 0.25) is 0 Å². The molecule has 1 aliphatic heterocycles. The third-order valence-electron chi connectivity index (χ3n) is 6.12. The summed E-state index contributed by atoms with van der Waals surface area (Å²) < 4.78 is 6.16. The minimum atomic E-state index is -0.905. The Morgan fingerprint density at radius 2 is 1.97 bits per heavy atom. The van der Waals surface area contributed by atoms with Gasteiger partial charge in [0.05, 0.1) is 12.2 Å². The monoisotopic (exact) mass is 386 g/mol. The largest absolute Gasteiger partial charge is 0.478 e. The zero-order valence-corrected chi connectivity index (χ0v) is 16.0. The molecule has 146 valence electrons. The summed E-state index contributed by atoms with van der Waals surface area (Å²) in [7, 11) is 0. The van der Waals surface area contributed by atoms with Gasteiger partial charge in [-0.1, -0.05) is 36.4 Å². The number of benzene rings is 2. The van der Waals surface area contributed by atoms with E-state index in [0.717, 1.165) is 12.0 Å². The number of hydrogen-bond acceptors (Lipinski definition) is 4. The van der Waals surface area contributed by atoms with E-state index in [1.807, 2.05) is 30.6 Å². The van der Waals surface area contributed by atoms with Gasteiger partial charge in [0.1, 0.15) is 6.73 Å². The predicted molar refractivity (Wildman–Crippen MR) is 110 cm³/mol. The molecule has 1 aromatic heterocycles. The maximum atomic E-state index is 11.1. The Hall–Kier alpha value is -3.18. The summed E-state index contributed by atoms with van der Waals surface area (Å²) in [5.74, 6) is -0.482. The lowest BCUT2D eigenvalue weighted by molar-refractivity contribution is 0.0697. The zero-order valence-electron chi connectivity index (χ0n) is 16.0. The number of carbonyl (C=O) groups is 1. The molecule has 3 aromatic rings. The van der Waals surface area contributed by atoms with Gasteiger partial charge >= 0.3 is 5.97 Å². The molecule has 1 saturated carbocycles. The molecule has 2 heterocycles. The molecule has 2 aliphatic rings. The van der Waals surface area contributed by atoms with Crippen molar-refractivity contribution in [3.8, 4) is 0 Å². The fraction of sp³-hybridized carbons (Fsp3) is 0.250. The van der Waals surface area contributed by atoms with E-state index in [1.54, 1.807) is 12.1 Å². The summed E-state index contributed by atoms with van der Waals surface area (Å²) in [6, 6.07) is 19.8. The Morgan fingerprint density at radius 3 is 2.72 bits per heavy atom. The molecule has 0 amide bonds. The summed E-state index contributed by atoms with van der Waals surface area (Å²) in [6.07, 6.45) is 4.85. The maximum Gasteiger partial charge on any atom is 0.335 e. The molecule has 0 saturated heterocycles. The highest BCUT2D eigenvalue weighted by atomic mass is 16.5. The quantitative estimate of drug-likeness (QED) is 0.728. The maximum absolute atomic E-state index is 11.1. The lowest BCUT2D eigenvalue weighted by Crippen LogP contribution is -2.24. The number of rotatable bonds is 4. The smallest absolute Gasteiger partial charge is 0.335 e. The van der Waals surface area contributed by atoms with Crippen molar-refractivity contribution in [2.24, 2.45) is 0 Å². The van der Waals surface area contributed by atoms with Gasteiger partial charge in [0.25, 0.3) is 0 Å². The van der Waals surface area contributed by atoms with Gasteiger partial charge in [-0.25, -0.2) is 4.79 Å². The van der Waals surface area contributed by atoms with Crippen molar-refractivity contribution >= 4 is 11.7 Å². The van der Waals surface area contributed by atoms with Crippen molar-refractivity contribution in [2.45, 2.75) is 24.3 Å². The fourth-order valence-electron chi connectivity index (χ4n) is 4.54. The number of aromatic nitrogens is 1. The number of hydrogen-bond donors (Lipinski definition) is 1. The molecule has 0 radical (unpaired) electrons. The van der Waals surface area contributed by atoms with Crippen molar-refractivity contribution in [2.75, 3.05) is 18.2 Å². The average molecular weight is 386 g/mol. The van der Waals surface area contributed by atoms with Crippen LogP contribution in [0.4, 0.5) is 5.69 Å². The van der Waals surface area contributed by atoms with Gasteiger partial charge in [-0.05, 0) is 53.3 Å². The van der Waals surface area contributed by atoms with Crippen LogP contribution in [0.3, 0.4) is 0 Å². The molecule has 0 bridgehead atoms. The Morgan fingerprint density at radius 1 is 1.14 bits per heavy atom. The molecule has 5 rings (SSSR count). The van der Waals surface area contributed by atoms with Crippen LogP contribution in [-0.4, -0.2) is 29.4 Å².